The molecule has 2 heterocycles. The maximum absolute atomic E-state index is 16.0. The Morgan fingerprint density at radius 3 is 2.45 bits per heavy atom. The van der Waals surface area contributed by atoms with Gasteiger partial charge in [-0.05, 0) is 86.1 Å². The van der Waals surface area contributed by atoms with E-state index in [-0.39, 0.29) is 40.0 Å². The Labute approximate surface area is 244 Å². The van der Waals surface area contributed by atoms with Crippen LogP contribution in [0.4, 0.5) is 10.1 Å². The maximum Gasteiger partial charge on any atom is 0.238 e. The lowest BCUT2D eigenvalue weighted by molar-refractivity contribution is -0.125. The van der Waals surface area contributed by atoms with E-state index >= 15 is 4.39 Å². The molecule has 2 amide bonds. The van der Waals surface area contributed by atoms with Crippen molar-refractivity contribution in [2.75, 3.05) is 5.32 Å². The number of nitrogens with one attached hydrogen (secondary N) is 3. The lowest BCUT2D eigenvalue weighted by atomic mass is 9.53. The molecular formula is C31H36Cl2FN3O3. The Morgan fingerprint density at radius 1 is 1.05 bits per heavy atom. The summed E-state index contributed by atoms with van der Waals surface area (Å²) in [7, 11) is 0. The van der Waals surface area contributed by atoms with Crippen molar-refractivity contribution in [3.05, 3.63) is 63.4 Å². The quantitative estimate of drug-likeness (QED) is 0.363. The fourth-order valence-corrected chi connectivity index (χ4v) is 8.28. The Hall–Kier alpha value is -2.19. The van der Waals surface area contributed by atoms with Gasteiger partial charge in [-0.15, -0.1) is 0 Å². The van der Waals surface area contributed by atoms with Crippen molar-refractivity contribution in [2.24, 2.45) is 5.41 Å². The smallest absolute Gasteiger partial charge is 0.238 e. The number of halogens is 3. The minimum absolute atomic E-state index is 0.0476. The predicted molar refractivity (Wildman–Crippen MR) is 154 cm³/mol. The molecule has 4 aliphatic rings. The van der Waals surface area contributed by atoms with Gasteiger partial charge in [0, 0.05) is 28.2 Å². The van der Waals surface area contributed by atoms with Gasteiger partial charge in [0.05, 0.1) is 17.2 Å². The molecule has 2 saturated carbocycles. The van der Waals surface area contributed by atoms with Crippen LogP contribution >= 0.6 is 23.2 Å². The normalized spacial score (nSPS) is 32.2. The number of rotatable bonds is 3. The second kappa shape index (κ2) is 9.97. The van der Waals surface area contributed by atoms with Crippen molar-refractivity contribution in [1.82, 2.24) is 10.6 Å². The van der Waals surface area contributed by atoms with E-state index in [9.17, 15) is 14.7 Å². The highest BCUT2D eigenvalue weighted by Crippen LogP contribution is 2.64. The van der Waals surface area contributed by atoms with Gasteiger partial charge in [-0.2, -0.15) is 0 Å². The maximum atomic E-state index is 16.0. The number of aliphatic hydroxyl groups is 1. The molecule has 1 unspecified atom stereocenters. The first-order valence-corrected chi connectivity index (χ1v) is 15.0. The molecule has 0 radical (unpaired) electrons. The first-order valence-electron chi connectivity index (χ1n) is 14.3. The molecule has 2 aromatic rings. The highest BCUT2D eigenvalue weighted by atomic mass is 35.5. The van der Waals surface area contributed by atoms with E-state index in [1.165, 1.54) is 6.07 Å². The van der Waals surface area contributed by atoms with Crippen LogP contribution in [-0.4, -0.2) is 40.6 Å². The van der Waals surface area contributed by atoms with Crippen molar-refractivity contribution >= 4 is 40.7 Å². The van der Waals surface area contributed by atoms with Crippen LogP contribution in [0.15, 0.2) is 36.4 Å². The molecule has 3 fully saturated rings. The van der Waals surface area contributed by atoms with Crippen molar-refractivity contribution in [1.29, 1.82) is 0 Å². The Morgan fingerprint density at radius 2 is 1.75 bits per heavy atom. The molecule has 2 spiro atoms. The largest absolute Gasteiger partial charge is 0.393 e. The summed E-state index contributed by atoms with van der Waals surface area (Å²) >= 11 is 12.7. The number of anilines is 1. The minimum Gasteiger partial charge on any atom is -0.393 e. The molecule has 214 valence electrons. The van der Waals surface area contributed by atoms with Crippen LogP contribution in [-0.2, 0) is 15.0 Å². The summed E-state index contributed by atoms with van der Waals surface area (Å²) in [5, 5.41) is 20.4. The highest BCUT2D eigenvalue weighted by Gasteiger charge is 2.73. The average molecular weight is 589 g/mol. The lowest BCUT2D eigenvalue weighted by Gasteiger charge is -2.50. The lowest BCUT2D eigenvalue weighted by Crippen LogP contribution is -2.61. The van der Waals surface area contributed by atoms with Crippen LogP contribution in [0.5, 0.6) is 0 Å². The van der Waals surface area contributed by atoms with Gasteiger partial charge in [0.2, 0.25) is 11.8 Å². The number of carbonyl (C=O) groups excluding carboxylic acids is 2. The number of carbonyl (C=O) groups is 2. The molecule has 40 heavy (non-hydrogen) atoms. The summed E-state index contributed by atoms with van der Waals surface area (Å²) in [6, 6.07) is 9.19. The third kappa shape index (κ3) is 4.27. The van der Waals surface area contributed by atoms with Crippen LogP contribution in [0, 0.1) is 11.2 Å². The molecule has 2 aliphatic heterocycles. The topological polar surface area (TPSA) is 90.5 Å². The molecule has 2 aliphatic carbocycles. The number of benzene rings is 2. The van der Waals surface area contributed by atoms with E-state index in [1.54, 1.807) is 24.3 Å². The molecule has 3 atom stereocenters. The first-order chi connectivity index (χ1) is 19.0. The number of fused-ring (bicyclic) bond motifs is 3. The van der Waals surface area contributed by atoms with E-state index in [0.29, 0.717) is 49.2 Å². The standard InChI is InChI=1S/C31H36Cl2FN3O3/c1-29(2)12-14-30(15-13-29)31(21-11-6-17(32)16-23(21)36-28(31)40)24(20-4-3-5-22(33)25(20)34)26(37-30)27(39)35-18-7-9-19(38)10-8-18/h3-6,11,16,18-19,24,26,37-38H,7-10,12-15H2,1-2H3,(H,35,39)(H,36,40)/t18?,19?,24-,26?,31+/m0/s1. The molecule has 1 saturated heterocycles. The van der Waals surface area contributed by atoms with Crippen LogP contribution in [0.2, 0.25) is 10.0 Å². The monoisotopic (exact) mass is 587 g/mol. The van der Waals surface area contributed by atoms with Gasteiger partial charge < -0.3 is 15.7 Å². The molecule has 9 heteroatoms. The second-order valence-corrected chi connectivity index (χ2v) is 13.8. The zero-order chi connectivity index (χ0) is 28.4. The third-order valence-corrected chi connectivity index (χ3v) is 10.6. The summed E-state index contributed by atoms with van der Waals surface area (Å²) in [6.07, 6.45) is 5.21. The van der Waals surface area contributed by atoms with Crippen molar-refractivity contribution in [3.63, 3.8) is 0 Å². The Balaban J connectivity index is 1.54. The van der Waals surface area contributed by atoms with Gasteiger partial charge in [-0.25, -0.2) is 4.39 Å². The summed E-state index contributed by atoms with van der Waals surface area (Å²) in [4.78, 5) is 28.7. The van der Waals surface area contributed by atoms with Crippen LogP contribution < -0.4 is 16.0 Å². The molecule has 2 aromatic carbocycles. The van der Waals surface area contributed by atoms with Gasteiger partial charge in [0.1, 0.15) is 11.2 Å². The minimum atomic E-state index is -1.26. The van der Waals surface area contributed by atoms with Crippen molar-refractivity contribution < 1.29 is 19.1 Å². The number of hydrogen-bond donors (Lipinski definition) is 4. The summed E-state index contributed by atoms with van der Waals surface area (Å²) in [6.45, 7) is 4.44. The van der Waals surface area contributed by atoms with Crippen LogP contribution in [0.3, 0.4) is 0 Å². The van der Waals surface area contributed by atoms with Crippen LogP contribution in [0.1, 0.15) is 82.3 Å². The van der Waals surface area contributed by atoms with E-state index < -0.39 is 28.7 Å². The van der Waals surface area contributed by atoms with E-state index in [1.807, 2.05) is 6.07 Å². The van der Waals surface area contributed by atoms with Crippen LogP contribution in [0.25, 0.3) is 0 Å². The molecule has 4 N–H and O–H groups in total. The zero-order valence-electron chi connectivity index (χ0n) is 22.8. The van der Waals surface area contributed by atoms with Crippen molar-refractivity contribution in [2.45, 2.75) is 100 Å². The molecule has 0 bridgehead atoms. The molecule has 6 nitrogen and oxygen atoms in total. The van der Waals surface area contributed by atoms with Gasteiger partial charge in [0.25, 0.3) is 0 Å². The Bertz CT molecular complexity index is 1350. The fraction of sp³-hybridized carbons (Fsp3) is 0.548. The second-order valence-electron chi connectivity index (χ2n) is 13.0. The summed E-state index contributed by atoms with van der Waals surface area (Å²) in [5.41, 5.74) is -0.409. The van der Waals surface area contributed by atoms with Gasteiger partial charge in [-0.3, -0.25) is 14.9 Å². The predicted octanol–water partition coefficient (Wildman–Crippen LogP) is 5.84. The zero-order valence-corrected chi connectivity index (χ0v) is 24.3. The summed E-state index contributed by atoms with van der Waals surface area (Å²) in [5.74, 6) is -1.99. The van der Waals surface area contributed by atoms with Gasteiger partial charge in [0.15, 0.2) is 0 Å². The van der Waals surface area contributed by atoms with E-state index in [0.717, 1.165) is 18.4 Å². The van der Waals surface area contributed by atoms with E-state index in [2.05, 4.69) is 29.8 Å². The van der Waals surface area contributed by atoms with Crippen molar-refractivity contribution in [3.8, 4) is 0 Å². The number of amides is 2. The molecular weight excluding hydrogens is 552 g/mol. The Kier molecular flexibility index (Phi) is 6.97. The molecule has 0 aromatic heterocycles. The number of hydrogen-bond acceptors (Lipinski definition) is 4. The average Bonchev–Trinajstić information content (AvgIpc) is 3.37. The third-order valence-electron chi connectivity index (χ3n) is 10.1. The highest BCUT2D eigenvalue weighted by molar-refractivity contribution is 6.31. The summed E-state index contributed by atoms with van der Waals surface area (Å²) < 4.78 is 16.0. The van der Waals surface area contributed by atoms with E-state index in [4.69, 9.17) is 23.2 Å². The van der Waals surface area contributed by atoms with Gasteiger partial charge >= 0.3 is 0 Å². The first kappa shape index (κ1) is 28.0. The SMILES string of the molecule is CC1(C)CCC2(CC1)NC(C(=O)NC1CCC(O)CC1)[C@H](c1cccc(Cl)c1F)[C@]21C(=O)Nc2cc(Cl)ccc21. The number of aliphatic hydroxyl groups excluding tert-OH is 1. The van der Waals surface area contributed by atoms with Gasteiger partial charge in [-0.1, -0.05) is 55.2 Å². The fourth-order valence-electron chi connectivity index (χ4n) is 7.93. The molecule has 6 rings (SSSR count).